The van der Waals surface area contributed by atoms with Crippen molar-refractivity contribution in [2.75, 3.05) is 7.05 Å². The van der Waals surface area contributed by atoms with E-state index in [0.717, 1.165) is 24.2 Å². The topological polar surface area (TPSA) is 54.2 Å². The van der Waals surface area contributed by atoms with E-state index in [9.17, 15) is 0 Å². The molecule has 1 aliphatic rings. The van der Waals surface area contributed by atoms with Crippen molar-refractivity contribution in [2.24, 2.45) is 16.8 Å². The molecule has 2 atom stereocenters. The predicted octanol–water partition coefficient (Wildman–Crippen LogP) is 2.78. The van der Waals surface area contributed by atoms with Crippen LogP contribution >= 0.6 is 0 Å². The molecule has 0 saturated heterocycles. The first-order valence-corrected chi connectivity index (χ1v) is 8.55. The van der Waals surface area contributed by atoms with E-state index in [4.69, 9.17) is 0 Å². The maximum atomic E-state index is 4.45. The van der Waals surface area contributed by atoms with Gasteiger partial charge in [0.2, 0.25) is 0 Å². The van der Waals surface area contributed by atoms with E-state index in [1.807, 2.05) is 13.2 Å². The molecular formula is C17H31N5. The third-order valence-electron chi connectivity index (χ3n) is 4.28. The molecule has 2 rings (SSSR count). The number of hydrogen-bond acceptors (Lipinski definition) is 2. The van der Waals surface area contributed by atoms with Gasteiger partial charge in [-0.2, -0.15) is 0 Å². The van der Waals surface area contributed by atoms with Gasteiger partial charge in [0.05, 0.1) is 6.54 Å². The largest absolute Gasteiger partial charge is 0.354 e. The van der Waals surface area contributed by atoms with E-state index in [1.54, 1.807) is 0 Å². The lowest BCUT2D eigenvalue weighted by Gasteiger charge is -2.28. The molecule has 5 nitrogen and oxygen atoms in total. The van der Waals surface area contributed by atoms with Crippen LogP contribution in [-0.2, 0) is 13.1 Å². The van der Waals surface area contributed by atoms with Crippen molar-refractivity contribution in [2.45, 2.75) is 65.6 Å². The summed E-state index contributed by atoms with van der Waals surface area (Å²) in [6.07, 6.45) is 9.08. The van der Waals surface area contributed by atoms with Gasteiger partial charge in [0.1, 0.15) is 5.82 Å². The highest BCUT2D eigenvalue weighted by molar-refractivity contribution is 5.79. The molecule has 22 heavy (non-hydrogen) atoms. The van der Waals surface area contributed by atoms with Gasteiger partial charge >= 0.3 is 0 Å². The second-order valence-corrected chi connectivity index (χ2v) is 6.93. The third-order valence-corrected chi connectivity index (χ3v) is 4.28. The van der Waals surface area contributed by atoms with E-state index < -0.39 is 0 Å². The average Bonchev–Trinajstić information content (AvgIpc) is 2.90. The van der Waals surface area contributed by atoms with E-state index in [1.165, 1.54) is 25.7 Å². The van der Waals surface area contributed by atoms with Crippen molar-refractivity contribution in [1.29, 1.82) is 0 Å². The number of rotatable bonds is 5. The molecule has 1 aliphatic carbocycles. The summed E-state index contributed by atoms with van der Waals surface area (Å²) in [4.78, 5) is 8.81. The summed E-state index contributed by atoms with van der Waals surface area (Å²) in [7, 11) is 1.84. The van der Waals surface area contributed by atoms with Gasteiger partial charge in [-0.05, 0) is 24.7 Å². The number of nitrogens with zero attached hydrogens (tertiary/aromatic N) is 3. The Morgan fingerprint density at radius 3 is 2.95 bits per heavy atom. The maximum absolute atomic E-state index is 4.45. The van der Waals surface area contributed by atoms with Gasteiger partial charge in [-0.25, -0.2) is 4.98 Å². The fourth-order valence-corrected chi connectivity index (χ4v) is 3.18. The first-order chi connectivity index (χ1) is 10.6. The number of aromatic nitrogens is 2. The lowest BCUT2D eigenvalue weighted by Crippen LogP contribution is -2.45. The Balaban J connectivity index is 1.85. The van der Waals surface area contributed by atoms with Crippen LogP contribution in [0.15, 0.2) is 17.4 Å². The minimum Gasteiger partial charge on any atom is -0.354 e. The quantitative estimate of drug-likeness (QED) is 0.650. The lowest BCUT2D eigenvalue weighted by atomic mass is 9.87. The molecule has 1 aromatic rings. The molecule has 2 N–H and O–H groups in total. The monoisotopic (exact) mass is 305 g/mol. The molecular weight excluding hydrogens is 274 g/mol. The number of hydrogen-bond donors (Lipinski definition) is 2. The highest BCUT2D eigenvalue weighted by Crippen LogP contribution is 2.23. The van der Waals surface area contributed by atoms with E-state index in [2.05, 4.69) is 52.1 Å². The van der Waals surface area contributed by atoms with Gasteiger partial charge in [0, 0.05) is 32.0 Å². The first kappa shape index (κ1) is 16.8. The van der Waals surface area contributed by atoms with E-state index >= 15 is 0 Å². The van der Waals surface area contributed by atoms with Crippen LogP contribution in [0.3, 0.4) is 0 Å². The van der Waals surface area contributed by atoms with Crippen LogP contribution in [0, 0.1) is 11.8 Å². The zero-order chi connectivity index (χ0) is 15.9. The van der Waals surface area contributed by atoms with Gasteiger partial charge < -0.3 is 15.2 Å². The molecule has 1 heterocycles. The Bertz CT molecular complexity index is 477. The minimum atomic E-state index is 0.547. The molecule has 2 unspecified atom stereocenters. The molecule has 0 amide bonds. The molecule has 0 radical (unpaired) electrons. The second kappa shape index (κ2) is 8.20. The summed E-state index contributed by atoms with van der Waals surface area (Å²) in [5.41, 5.74) is 0. The molecule has 1 fully saturated rings. The molecule has 0 aromatic carbocycles. The van der Waals surface area contributed by atoms with Crippen molar-refractivity contribution in [3.8, 4) is 0 Å². The lowest BCUT2D eigenvalue weighted by molar-refractivity contribution is 0.324. The van der Waals surface area contributed by atoms with E-state index in [-0.39, 0.29) is 0 Å². The van der Waals surface area contributed by atoms with Crippen LogP contribution in [0.25, 0.3) is 0 Å². The van der Waals surface area contributed by atoms with Gasteiger partial charge in [-0.3, -0.25) is 4.99 Å². The maximum Gasteiger partial charge on any atom is 0.191 e. The molecule has 0 aliphatic heterocycles. The van der Waals surface area contributed by atoms with Crippen molar-refractivity contribution in [3.63, 3.8) is 0 Å². The van der Waals surface area contributed by atoms with Crippen molar-refractivity contribution < 1.29 is 0 Å². The Kier molecular flexibility index (Phi) is 6.28. The Morgan fingerprint density at radius 2 is 2.27 bits per heavy atom. The van der Waals surface area contributed by atoms with Crippen LogP contribution < -0.4 is 10.6 Å². The zero-order valence-electron chi connectivity index (χ0n) is 14.5. The SMILES string of the molecule is CN=C(NCc1nccn1CC(C)C)NC1CCCC(C)C1. The van der Waals surface area contributed by atoms with E-state index in [0.29, 0.717) is 18.5 Å². The predicted molar refractivity (Wildman–Crippen MR) is 91.8 cm³/mol. The Hall–Kier alpha value is -1.52. The summed E-state index contributed by atoms with van der Waals surface area (Å²) >= 11 is 0. The number of guanidine groups is 1. The van der Waals surface area contributed by atoms with Crippen LogP contribution in [0.2, 0.25) is 0 Å². The zero-order valence-corrected chi connectivity index (χ0v) is 14.5. The molecule has 5 heteroatoms. The van der Waals surface area contributed by atoms with Gasteiger partial charge in [0.25, 0.3) is 0 Å². The Labute approximate surface area is 134 Å². The normalized spacial score (nSPS) is 22.9. The smallest absolute Gasteiger partial charge is 0.191 e. The summed E-state index contributed by atoms with van der Waals surface area (Å²) in [6, 6.07) is 0.547. The number of imidazole rings is 1. The average molecular weight is 305 g/mol. The minimum absolute atomic E-state index is 0.547. The summed E-state index contributed by atoms with van der Waals surface area (Å²) in [6.45, 7) is 8.50. The summed E-state index contributed by atoms with van der Waals surface area (Å²) in [5, 5.41) is 6.96. The fourth-order valence-electron chi connectivity index (χ4n) is 3.18. The first-order valence-electron chi connectivity index (χ1n) is 8.55. The highest BCUT2D eigenvalue weighted by Gasteiger charge is 2.19. The van der Waals surface area contributed by atoms with Crippen LogP contribution in [0.1, 0.15) is 52.3 Å². The van der Waals surface area contributed by atoms with Crippen molar-refractivity contribution in [1.82, 2.24) is 20.2 Å². The summed E-state index contributed by atoms with van der Waals surface area (Å²) in [5.74, 6) is 3.38. The number of nitrogens with one attached hydrogen (secondary N) is 2. The standard InChI is InChI=1S/C17H31N5/c1-13(2)12-22-9-8-19-16(22)11-20-17(18-4)21-15-7-5-6-14(3)10-15/h8-9,13-15H,5-7,10-12H2,1-4H3,(H2,18,20,21). The molecule has 124 valence electrons. The number of aliphatic imine (C=N–C) groups is 1. The van der Waals surface area contributed by atoms with Crippen LogP contribution in [0.4, 0.5) is 0 Å². The van der Waals surface area contributed by atoms with Crippen LogP contribution in [-0.4, -0.2) is 28.6 Å². The second-order valence-electron chi connectivity index (χ2n) is 6.93. The van der Waals surface area contributed by atoms with Gasteiger partial charge in [-0.15, -0.1) is 0 Å². The molecule has 1 saturated carbocycles. The van der Waals surface area contributed by atoms with Crippen LogP contribution in [0.5, 0.6) is 0 Å². The third kappa shape index (κ3) is 5.04. The molecule has 0 bridgehead atoms. The highest BCUT2D eigenvalue weighted by atomic mass is 15.2. The fraction of sp³-hybridized carbons (Fsp3) is 0.765. The molecule has 0 spiro atoms. The Morgan fingerprint density at radius 1 is 1.45 bits per heavy atom. The molecule has 1 aromatic heterocycles. The summed E-state index contributed by atoms with van der Waals surface area (Å²) < 4.78 is 2.22. The van der Waals surface area contributed by atoms with Gasteiger partial charge in [0.15, 0.2) is 5.96 Å². The van der Waals surface area contributed by atoms with Gasteiger partial charge in [-0.1, -0.05) is 33.6 Å². The van der Waals surface area contributed by atoms with Crippen molar-refractivity contribution in [3.05, 3.63) is 18.2 Å². The van der Waals surface area contributed by atoms with Crippen molar-refractivity contribution >= 4 is 5.96 Å².